The van der Waals surface area contributed by atoms with Crippen molar-refractivity contribution in [3.8, 4) is 0 Å². The van der Waals surface area contributed by atoms with E-state index >= 15 is 0 Å². The number of ether oxygens (including phenoxy) is 1. The maximum absolute atomic E-state index is 10.6. The predicted molar refractivity (Wildman–Crippen MR) is 74.4 cm³/mol. The monoisotopic (exact) mass is 283 g/mol. The van der Waals surface area contributed by atoms with Gasteiger partial charge in [0.2, 0.25) is 0 Å². The highest BCUT2D eigenvalue weighted by Gasteiger charge is 2.27. The van der Waals surface area contributed by atoms with E-state index < -0.39 is 5.97 Å². The number of aliphatic carboxylic acids is 1. The van der Waals surface area contributed by atoms with Crippen molar-refractivity contribution in [3.05, 3.63) is 16.1 Å². The summed E-state index contributed by atoms with van der Waals surface area (Å²) in [6, 6.07) is 0. The number of thiazole rings is 1. The first-order valence-corrected chi connectivity index (χ1v) is 7.77. The predicted octanol–water partition coefficient (Wildman–Crippen LogP) is 3.43. The van der Waals surface area contributed by atoms with E-state index in [0.717, 1.165) is 10.7 Å². The molecule has 1 aromatic rings. The number of rotatable bonds is 6. The number of aromatic nitrogens is 1. The molecule has 0 aromatic carbocycles. The molecule has 0 aliphatic heterocycles. The second kappa shape index (κ2) is 7.01. The molecular formula is C14H21NO3S. The van der Waals surface area contributed by atoms with Crippen LogP contribution in [0.2, 0.25) is 0 Å². The Hall–Kier alpha value is -0.940. The number of aryl methyl sites for hydroxylation is 1. The zero-order valence-electron chi connectivity index (χ0n) is 11.3. The number of carboxylic acid groups (broad SMARTS) is 1. The van der Waals surface area contributed by atoms with Crippen molar-refractivity contribution >= 4 is 17.3 Å². The van der Waals surface area contributed by atoms with E-state index in [1.54, 1.807) is 18.4 Å². The van der Waals surface area contributed by atoms with Crippen LogP contribution in [0.15, 0.2) is 5.38 Å². The number of carboxylic acids is 1. The van der Waals surface area contributed by atoms with Crippen LogP contribution in [0.5, 0.6) is 0 Å². The number of nitrogens with zero attached hydrogens (tertiary/aromatic N) is 1. The maximum Gasteiger partial charge on any atom is 0.303 e. The lowest BCUT2D eigenvalue weighted by atomic mass is 9.85. The molecule has 1 aliphatic rings. The fourth-order valence-electron chi connectivity index (χ4n) is 2.73. The van der Waals surface area contributed by atoms with Gasteiger partial charge >= 0.3 is 5.97 Å². The Morgan fingerprint density at radius 2 is 2.26 bits per heavy atom. The van der Waals surface area contributed by atoms with Crippen molar-refractivity contribution in [1.29, 1.82) is 0 Å². The minimum absolute atomic E-state index is 0.0869. The summed E-state index contributed by atoms with van der Waals surface area (Å²) in [6.07, 6.45) is 7.05. The Labute approximate surface area is 117 Å². The van der Waals surface area contributed by atoms with Gasteiger partial charge in [-0.05, 0) is 18.8 Å². The molecule has 1 N–H and O–H groups in total. The van der Waals surface area contributed by atoms with Crippen molar-refractivity contribution in [2.45, 2.75) is 51.0 Å². The van der Waals surface area contributed by atoms with Gasteiger partial charge < -0.3 is 9.84 Å². The Balaban J connectivity index is 1.99. The summed E-state index contributed by atoms with van der Waals surface area (Å²) in [6.45, 7) is 0. The van der Waals surface area contributed by atoms with Crippen molar-refractivity contribution in [1.82, 2.24) is 4.98 Å². The van der Waals surface area contributed by atoms with Gasteiger partial charge in [-0.15, -0.1) is 11.3 Å². The lowest BCUT2D eigenvalue weighted by Gasteiger charge is -2.27. The van der Waals surface area contributed by atoms with Gasteiger partial charge in [-0.2, -0.15) is 0 Å². The minimum Gasteiger partial charge on any atom is -0.481 e. The maximum atomic E-state index is 10.6. The van der Waals surface area contributed by atoms with Crippen LogP contribution in [0.25, 0.3) is 0 Å². The third-order valence-electron chi connectivity index (χ3n) is 3.74. The highest BCUT2D eigenvalue weighted by molar-refractivity contribution is 7.09. The summed E-state index contributed by atoms with van der Waals surface area (Å²) in [7, 11) is 1.75. The number of hydrogen-bond donors (Lipinski definition) is 1. The van der Waals surface area contributed by atoms with E-state index in [-0.39, 0.29) is 12.5 Å². The molecule has 1 aliphatic carbocycles. The minimum atomic E-state index is -0.773. The standard InChI is InChI=1S/C14H21NO3S/c1-18-13(10-5-3-2-4-6-10)14-15-11(9-19-14)7-8-12(16)17/h9-10,13H,2-8H2,1H3,(H,16,17). The summed E-state index contributed by atoms with van der Waals surface area (Å²) in [5.74, 6) is -0.206. The Kier molecular flexibility index (Phi) is 5.34. The van der Waals surface area contributed by atoms with Crippen LogP contribution in [-0.4, -0.2) is 23.2 Å². The Morgan fingerprint density at radius 1 is 1.53 bits per heavy atom. The molecule has 2 rings (SSSR count). The van der Waals surface area contributed by atoms with Crippen LogP contribution in [-0.2, 0) is 16.0 Å². The van der Waals surface area contributed by atoms with Gasteiger partial charge in [0, 0.05) is 18.9 Å². The van der Waals surface area contributed by atoms with Crippen LogP contribution in [0.4, 0.5) is 0 Å². The highest BCUT2D eigenvalue weighted by atomic mass is 32.1. The molecule has 1 unspecified atom stereocenters. The second-order valence-corrected chi connectivity index (χ2v) is 6.01. The number of carbonyl (C=O) groups is 1. The third-order valence-corrected chi connectivity index (χ3v) is 4.69. The van der Waals surface area contributed by atoms with Crippen LogP contribution in [0.3, 0.4) is 0 Å². The van der Waals surface area contributed by atoms with Crippen molar-refractivity contribution < 1.29 is 14.6 Å². The van der Waals surface area contributed by atoms with Gasteiger partial charge in [0.15, 0.2) is 0 Å². The fraction of sp³-hybridized carbons (Fsp3) is 0.714. The molecule has 1 atom stereocenters. The van der Waals surface area contributed by atoms with Crippen LogP contribution in [0, 0.1) is 5.92 Å². The first-order chi connectivity index (χ1) is 9.20. The van der Waals surface area contributed by atoms with Crippen molar-refractivity contribution in [3.63, 3.8) is 0 Å². The average Bonchev–Trinajstić information content (AvgIpc) is 2.87. The van der Waals surface area contributed by atoms with Gasteiger partial charge in [-0.25, -0.2) is 4.98 Å². The molecule has 1 heterocycles. The topological polar surface area (TPSA) is 59.4 Å². The first-order valence-electron chi connectivity index (χ1n) is 6.89. The fourth-order valence-corrected chi connectivity index (χ4v) is 3.76. The van der Waals surface area contributed by atoms with E-state index in [9.17, 15) is 4.79 Å². The Bertz CT molecular complexity index is 413. The normalized spacial score (nSPS) is 18.4. The second-order valence-electron chi connectivity index (χ2n) is 5.13. The molecule has 1 saturated carbocycles. The van der Waals surface area contributed by atoms with Crippen molar-refractivity contribution in [2.75, 3.05) is 7.11 Å². The van der Waals surface area contributed by atoms with Crippen molar-refractivity contribution in [2.24, 2.45) is 5.92 Å². The molecule has 0 spiro atoms. The van der Waals surface area contributed by atoms with E-state index in [2.05, 4.69) is 4.98 Å². The summed E-state index contributed by atoms with van der Waals surface area (Å²) in [4.78, 5) is 15.1. The lowest BCUT2D eigenvalue weighted by molar-refractivity contribution is -0.136. The van der Waals surface area contributed by atoms with Gasteiger partial charge in [0.05, 0.1) is 12.1 Å². The molecule has 0 bridgehead atoms. The van der Waals surface area contributed by atoms with E-state index in [1.807, 2.05) is 5.38 Å². The molecule has 19 heavy (non-hydrogen) atoms. The smallest absolute Gasteiger partial charge is 0.303 e. The van der Waals surface area contributed by atoms with Crippen LogP contribution < -0.4 is 0 Å². The molecule has 0 amide bonds. The molecule has 1 fully saturated rings. The van der Waals surface area contributed by atoms with E-state index in [4.69, 9.17) is 9.84 Å². The molecule has 106 valence electrons. The van der Waals surface area contributed by atoms with Gasteiger partial charge in [-0.1, -0.05) is 19.3 Å². The molecule has 4 nitrogen and oxygen atoms in total. The molecule has 5 heteroatoms. The highest BCUT2D eigenvalue weighted by Crippen LogP contribution is 2.37. The zero-order chi connectivity index (χ0) is 13.7. The van der Waals surface area contributed by atoms with Gasteiger partial charge in [0.25, 0.3) is 0 Å². The lowest BCUT2D eigenvalue weighted by Crippen LogP contribution is -2.17. The molecule has 0 radical (unpaired) electrons. The first kappa shape index (κ1) is 14.5. The third kappa shape index (κ3) is 4.01. The van der Waals surface area contributed by atoms with E-state index in [0.29, 0.717) is 12.3 Å². The summed E-state index contributed by atoms with van der Waals surface area (Å²) in [5.41, 5.74) is 0.875. The summed E-state index contributed by atoms with van der Waals surface area (Å²) in [5, 5.41) is 11.7. The summed E-state index contributed by atoms with van der Waals surface area (Å²) < 4.78 is 5.65. The Morgan fingerprint density at radius 3 is 2.89 bits per heavy atom. The SMILES string of the molecule is COC(c1nc(CCC(=O)O)cs1)C1CCCCC1. The molecule has 1 aromatic heterocycles. The van der Waals surface area contributed by atoms with Crippen LogP contribution >= 0.6 is 11.3 Å². The van der Waals surface area contributed by atoms with Crippen LogP contribution in [0.1, 0.15) is 55.3 Å². The quantitative estimate of drug-likeness (QED) is 0.869. The largest absolute Gasteiger partial charge is 0.481 e. The van der Waals surface area contributed by atoms with E-state index in [1.165, 1.54) is 32.1 Å². The molecule has 0 saturated heterocycles. The van der Waals surface area contributed by atoms with Gasteiger partial charge in [0.1, 0.15) is 11.1 Å². The number of methoxy groups -OCH3 is 1. The summed E-state index contributed by atoms with van der Waals surface area (Å²) >= 11 is 1.60. The average molecular weight is 283 g/mol. The number of hydrogen-bond acceptors (Lipinski definition) is 4. The molecular weight excluding hydrogens is 262 g/mol. The zero-order valence-corrected chi connectivity index (χ0v) is 12.1. The van der Waals surface area contributed by atoms with Gasteiger partial charge in [-0.3, -0.25) is 4.79 Å².